The Morgan fingerprint density at radius 2 is 2.27 bits per heavy atom. The molecule has 0 saturated heterocycles. The highest BCUT2D eigenvalue weighted by molar-refractivity contribution is 7.87. The van der Waals surface area contributed by atoms with Crippen LogP contribution in [0.15, 0.2) is 5.16 Å². The van der Waals surface area contributed by atoms with E-state index in [9.17, 15) is 8.42 Å². The van der Waals surface area contributed by atoms with Crippen LogP contribution in [0.4, 0.5) is 0 Å². The summed E-state index contributed by atoms with van der Waals surface area (Å²) >= 11 is 0. The van der Waals surface area contributed by atoms with Gasteiger partial charge in [-0.3, -0.25) is 0 Å². The lowest BCUT2D eigenvalue weighted by molar-refractivity contribution is 0.152. The van der Waals surface area contributed by atoms with Crippen molar-refractivity contribution < 1.29 is 13.3 Å². The Morgan fingerprint density at radius 3 is 2.73 bits per heavy atom. The standard InChI is InChI=1S/C4H11N3O3S/c1-5-10-4-3-7-11(8,9)6-2/h6-7H,1,3-4H2,2H3. The number of rotatable bonds is 6. The normalized spacial score (nSPS) is 11.0. The van der Waals surface area contributed by atoms with Gasteiger partial charge in [0.15, 0.2) is 0 Å². The zero-order valence-electron chi connectivity index (χ0n) is 6.20. The molecule has 6 nitrogen and oxygen atoms in total. The Hall–Kier alpha value is -0.660. The average molecular weight is 181 g/mol. The SMILES string of the molecule is C=NOCCNS(=O)(=O)NC. The predicted octanol–water partition coefficient (Wildman–Crippen LogP) is -1.33. The van der Waals surface area contributed by atoms with Crippen molar-refractivity contribution in [3.63, 3.8) is 0 Å². The highest BCUT2D eigenvalue weighted by Gasteiger charge is 2.02. The molecular weight excluding hydrogens is 170 g/mol. The van der Waals surface area contributed by atoms with Gasteiger partial charge in [-0.25, -0.2) is 4.72 Å². The summed E-state index contributed by atoms with van der Waals surface area (Å²) < 4.78 is 25.5. The molecule has 0 atom stereocenters. The van der Waals surface area contributed by atoms with Crippen molar-refractivity contribution in [3.8, 4) is 0 Å². The lowest BCUT2D eigenvalue weighted by Gasteiger charge is -2.02. The van der Waals surface area contributed by atoms with E-state index in [2.05, 4.69) is 26.2 Å². The number of nitrogens with one attached hydrogen (secondary N) is 2. The van der Waals surface area contributed by atoms with E-state index in [1.807, 2.05) is 0 Å². The maximum Gasteiger partial charge on any atom is 0.276 e. The molecule has 0 aliphatic heterocycles. The maximum atomic E-state index is 10.6. The molecule has 0 bridgehead atoms. The fourth-order valence-electron chi connectivity index (χ4n) is 0.358. The van der Waals surface area contributed by atoms with E-state index in [-0.39, 0.29) is 13.2 Å². The van der Waals surface area contributed by atoms with Crippen LogP contribution in [0.5, 0.6) is 0 Å². The molecular formula is C4H11N3O3S. The fourth-order valence-corrected chi connectivity index (χ4v) is 0.855. The van der Waals surface area contributed by atoms with E-state index < -0.39 is 10.2 Å². The summed E-state index contributed by atoms with van der Waals surface area (Å²) in [5.74, 6) is 0. The third kappa shape index (κ3) is 5.77. The van der Waals surface area contributed by atoms with Crippen LogP contribution in [-0.4, -0.2) is 35.3 Å². The molecule has 0 rings (SSSR count). The molecule has 0 amide bonds. The summed E-state index contributed by atoms with van der Waals surface area (Å²) in [6.45, 7) is 3.39. The maximum absolute atomic E-state index is 10.6. The third-order valence-electron chi connectivity index (χ3n) is 0.845. The molecule has 0 saturated carbocycles. The van der Waals surface area contributed by atoms with Gasteiger partial charge in [-0.05, 0) is 0 Å². The Morgan fingerprint density at radius 1 is 1.64 bits per heavy atom. The van der Waals surface area contributed by atoms with Gasteiger partial charge in [0.1, 0.15) is 6.61 Å². The number of hydrogen-bond acceptors (Lipinski definition) is 4. The number of oxime groups is 1. The van der Waals surface area contributed by atoms with Crippen LogP contribution >= 0.6 is 0 Å². The molecule has 0 unspecified atom stereocenters. The van der Waals surface area contributed by atoms with Gasteiger partial charge in [0, 0.05) is 20.3 Å². The minimum atomic E-state index is -3.34. The molecule has 0 radical (unpaired) electrons. The van der Waals surface area contributed by atoms with Crippen molar-refractivity contribution in [1.29, 1.82) is 0 Å². The molecule has 7 heteroatoms. The first kappa shape index (κ1) is 10.3. The molecule has 66 valence electrons. The molecule has 0 heterocycles. The van der Waals surface area contributed by atoms with Crippen molar-refractivity contribution in [1.82, 2.24) is 9.44 Å². The lowest BCUT2D eigenvalue weighted by atomic mass is 10.8. The molecule has 2 N–H and O–H groups in total. The van der Waals surface area contributed by atoms with Crippen molar-refractivity contribution in [3.05, 3.63) is 0 Å². The van der Waals surface area contributed by atoms with E-state index in [1.165, 1.54) is 7.05 Å². The van der Waals surface area contributed by atoms with Gasteiger partial charge in [0.25, 0.3) is 10.2 Å². The Labute approximate surface area is 65.8 Å². The van der Waals surface area contributed by atoms with Gasteiger partial charge in [0.2, 0.25) is 0 Å². The van der Waals surface area contributed by atoms with Gasteiger partial charge in [0.05, 0.1) is 0 Å². The smallest absolute Gasteiger partial charge is 0.276 e. The second kappa shape index (κ2) is 5.05. The van der Waals surface area contributed by atoms with E-state index in [4.69, 9.17) is 0 Å². The minimum absolute atomic E-state index is 0.169. The summed E-state index contributed by atoms with van der Waals surface area (Å²) in [4.78, 5) is 4.43. The van der Waals surface area contributed by atoms with Gasteiger partial charge < -0.3 is 4.84 Å². The second-order valence-electron chi connectivity index (χ2n) is 1.56. The number of nitrogens with zero attached hydrogens (tertiary/aromatic N) is 1. The van der Waals surface area contributed by atoms with Gasteiger partial charge in [-0.2, -0.15) is 13.1 Å². The average Bonchev–Trinajstić information content (AvgIpc) is 1.99. The van der Waals surface area contributed by atoms with Gasteiger partial charge >= 0.3 is 0 Å². The first-order valence-electron chi connectivity index (χ1n) is 2.88. The van der Waals surface area contributed by atoms with Crippen molar-refractivity contribution in [2.24, 2.45) is 5.16 Å². The largest absolute Gasteiger partial charge is 0.395 e. The van der Waals surface area contributed by atoms with E-state index in [0.29, 0.717) is 0 Å². The van der Waals surface area contributed by atoms with Crippen LogP contribution < -0.4 is 9.44 Å². The highest BCUT2D eigenvalue weighted by Crippen LogP contribution is 1.74. The Balaban J connectivity index is 3.46. The van der Waals surface area contributed by atoms with Crippen LogP contribution in [0, 0.1) is 0 Å². The minimum Gasteiger partial charge on any atom is -0.395 e. The molecule has 0 spiro atoms. The van der Waals surface area contributed by atoms with Crippen LogP contribution in [0.3, 0.4) is 0 Å². The summed E-state index contributed by atoms with van der Waals surface area (Å²) in [5.41, 5.74) is 0. The van der Waals surface area contributed by atoms with E-state index in [0.717, 1.165) is 0 Å². The fraction of sp³-hybridized carbons (Fsp3) is 0.750. The van der Waals surface area contributed by atoms with Crippen LogP contribution in [0.25, 0.3) is 0 Å². The van der Waals surface area contributed by atoms with Gasteiger partial charge in [-0.1, -0.05) is 0 Å². The van der Waals surface area contributed by atoms with Crippen LogP contribution in [0.2, 0.25) is 0 Å². The molecule has 0 aromatic heterocycles. The summed E-state index contributed by atoms with van der Waals surface area (Å²) in [6, 6.07) is 0. The monoisotopic (exact) mass is 181 g/mol. The van der Waals surface area contributed by atoms with Crippen LogP contribution in [0.1, 0.15) is 0 Å². The summed E-state index contributed by atoms with van der Waals surface area (Å²) in [5, 5.41) is 3.08. The zero-order valence-corrected chi connectivity index (χ0v) is 7.02. The van der Waals surface area contributed by atoms with E-state index in [1.54, 1.807) is 0 Å². The van der Waals surface area contributed by atoms with E-state index >= 15 is 0 Å². The lowest BCUT2D eigenvalue weighted by Crippen LogP contribution is -2.35. The molecule has 11 heavy (non-hydrogen) atoms. The molecule has 0 aromatic rings. The molecule has 0 aliphatic rings. The quantitative estimate of drug-likeness (QED) is 0.303. The second-order valence-corrected chi connectivity index (χ2v) is 3.27. The summed E-state index contributed by atoms with van der Waals surface area (Å²) in [7, 11) is -2.03. The molecule has 0 fully saturated rings. The summed E-state index contributed by atoms with van der Waals surface area (Å²) in [6.07, 6.45) is 0. The number of hydrogen-bond donors (Lipinski definition) is 2. The van der Waals surface area contributed by atoms with Crippen molar-refractivity contribution >= 4 is 16.9 Å². The van der Waals surface area contributed by atoms with Gasteiger partial charge in [-0.15, -0.1) is 5.16 Å². The first-order chi connectivity index (χ1) is 5.12. The Bertz CT molecular complexity index is 201. The zero-order chi connectivity index (χ0) is 8.74. The third-order valence-corrected chi connectivity index (χ3v) is 1.97. The highest BCUT2D eigenvalue weighted by atomic mass is 32.2. The Kier molecular flexibility index (Phi) is 4.75. The predicted molar refractivity (Wildman–Crippen MR) is 41.5 cm³/mol. The first-order valence-corrected chi connectivity index (χ1v) is 4.37. The van der Waals surface area contributed by atoms with Crippen molar-refractivity contribution in [2.75, 3.05) is 20.2 Å². The topological polar surface area (TPSA) is 79.8 Å². The molecule has 0 aliphatic carbocycles. The molecule has 0 aromatic carbocycles. The van der Waals surface area contributed by atoms with Crippen molar-refractivity contribution in [2.45, 2.75) is 0 Å². The van der Waals surface area contributed by atoms with Crippen LogP contribution in [-0.2, 0) is 15.0 Å².